The Balaban J connectivity index is -0.000000256. The quantitative estimate of drug-likeness (QED) is 0.440. The van der Waals surface area contributed by atoms with E-state index in [2.05, 4.69) is 0 Å². The first-order valence-corrected chi connectivity index (χ1v) is 4.40. The Labute approximate surface area is 117 Å². The van der Waals surface area contributed by atoms with Gasteiger partial charge in [-0.15, -0.1) is 0 Å². The second-order valence-corrected chi connectivity index (χ2v) is 3.00. The van der Waals surface area contributed by atoms with Crippen LogP contribution in [0, 0.1) is 0 Å². The van der Waals surface area contributed by atoms with E-state index in [-0.39, 0.29) is 17.1 Å². The van der Waals surface area contributed by atoms with Crippen LogP contribution < -0.4 is 31.9 Å². The maximum Gasteiger partial charge on any atom is 0.0586 e. The molecule has 0 fully saturated rings. The molecule has 2 atom stereocenters. The topological polar surface area (TPSA) is 213 Å². The van der Waals surface area contributed by atoms with Crippen LogP contribution in [0.5, 0.6) is 0 Å². The normalized spacial score (nSPS) is 11.9. The Hall–Kier alpha value is -1.68. The Morgan fingerprint density at radius 2 is 0.947 bits per heavy atom. The first-order valence-electron chi connectivity index (χ1n) is 4.40. The summed E-state index contributed by atoms with van der Waals surface area (Å²) in [5, 5.41) is 38.7. The van der Waals surface area contributed by atoms with E-state index in [1.165, 1.54) is 0 Å². The molecule has 0 amide bonds. The molecule has 0 aromatic carbocycles. The summed E-state index contributed by atoms with van der Waals surface area (Å²) in [6, 6.07) is -2.93. The first-order chi connectivity index (χ1) is 8.07. The van der Waals surface area contributed by atoms with Crippen molar-refractivity contribution in [3.05, 3.63) is 0 Å². The molecule has 0 saturated heterocycles. The van der Waals surface area contributed by atoms with E-state index >= 15 is 0 Å². The van der Waals surface area contributed by atoms with Crippen molar-refractivity contribution in [3.63, 3.8) is 0 Å². The zero-order valence-electron chi connectivity index (χ0n) is 9.29. The number of hydrogen-bond donors (Lipinski definition) is 2. The summed E-state index contributed by atoms with van der Waals surface area (Å²) in [6.07, 6.45) is -1.41. The van der Waals surface area contributed by atoms with E-state index < -0.39 is 48.8 Å². The molecular weight excluding hydrogens is 316 g/mol. The van der Waals surface area contributed by atoms with Crippen LogP contribution in [0.1, 0.15) is 12.8 Å². The number of carbonyl (C=O) groups is 4. The largest absolute Gasteiger partial charge is 0.550 e. The number of aliphatic carboxylic acids is 4. The fourth-order valence-corrected chi connectivity index (χ4v) is 0.526. The maximum atomic E-state index is 9.71. The zero-order valence-corrected chi connectivity index (χ0v) is 10.2. The average Bonchev–Trinajstić information content (AvgIpc) is 2.16. The fourth-order valence-electron chi connectivity index (χ4n) is 0.526. The van der Waals surface area contributed by atoms with Crippen molar-refractivity contribution in [1.29, 1.82) is 0 Å². The molecule has 0 unspecified atom stereocenters. The number of carbonyl (C=O) groups excluding carboxylic acids is 4. The van der Waals surface area contributed by atoms with Crippen LogP contribution in [0.15, 0.2) is 0 Å². The summed E-state index contributed by atoms with van der Waals surface area (Å²) < 4.78 is 0. The van der Waals surface area contributed by atoms with Gasteiger partial charge in [-0.05, 0) is 0 Å². The van der Waals surface area contributed by atoms with Crippen LogP contribution in [0.2, 0.25) is 0 Å². The molecule has 1 radical (unpaired) electrons. The molecule has 0 aromatic rings. The predicted molar refractivity (Wildman–Crippen MR) is 45.2 cm³/mol. The van der Waals surface area contributed by atoms with Crippen LogP contribution >= 0.6 is 0 Å². The third kappa shape index (κ3) is 16.3. The molecule has 10 nitrogen and oxygen atoms in total. The van der Waals surface area contributed by atoms with Crippen LogP contribution in [-0.4, -0.2) is 36.0 Å². The number of rotatable bonds is 6. The van der Waals surface area contributed by atoms with Crippen LogP contribution in [0.25, 0.3) is 0 Å². The number of hydrogen-bond acceptors (Lipinski definition) is 10. The van der Waals surface area contributed by atoms with Gasteiger partial charge in [-0.2, -0.15) is 0 Å². The minimum atomic E-state index is -1.58. The molecule has 0 aliphatic carbocycles. The van der Waals surface area contributed by atoms with Crippen molar-refractivity contribution in [2.45, 2.75) is 24.9 Å². The molecule has 0 aliphatic heterocycles. The van der Waals surface area contributed by atoms with Crippen LogP contribution in [-0.2, 0) is 36.2 Å². The smallest absolute Gasteiger partial charge is 0.0586 e. The molecule has 0 bridgehead atoms. The van der Waals surface area contributed by atoms with Gasteiger partial charge in [-0.25, -0.2) is 0 Å². The van der Waals surface area contributed by atoms with E-state index in [1.54, 1.807) is 0 Å². The van der Waals surface area contributed by atoms with Crippen molar-refractivity contribution in [1.82, 2.24) is 0 Å². The number of carboxylic acid groups (broad SMARTS) is 4. The van der Waals surface area contributed by atoms with Gasteiger partial charge in [-0.1, -0.05) is 0 Å². The summed E-state index contributed by atoms with van der Waals surface area (Å²) >= 11 is 0. The van der Waals surface area contributed by atoms with E-state index in [4.69, 9.17) is 11.5 Å². The molecule has 4 N–H and O–H groups in total. The molecule has 0 aromatic heterocycles. The molecule has 0 saturated carbocycles. The molecule has 19 heavy (non-hydrogen) atoms. The molecule has 11 heteroatoms. The van der Waals surface area contributed by atoms with Crippen molar-refractivity contribution >= 4 is 23.9 Å². The van der Waals surface area contributed by atoms with E-state index in [9.17, 15) is 39.6 Å². The monoisotopic (exact) mass is 325 g/mol. The molecule has 0 aliphatic rings. The minimum Gasteiger partial charge on any atom is -0.550 e. The maximum absolute atomic E-state index is 9.71. The Morgan fingerprint density at radius 3 is 1.00 bits per heavy atom. The standard InChI is InChI=1S/2C4H7NO4.Cu/c2*5-2(4(8)9)1-3(6)7;/h2*2H,1,5H2,(H,6,7)(H,8,9);/p-4/t2*2-;/m00./s1. The molecule has 115 valence electrons. The molecular formula is C8H10CuN2O8-4. The predicted octanol–water partition coefficient (Wildman–Crippen LogP) is -7.60. The second-order valence-electron chi connectivity index (χ2n) is 3.00. The molecule has 0 heterocycles. The molecule has 0 spiro atoms. The minimum absolute atomic E-state index is 0. The summed E-state index contributed by atoms with van der Waals surface area (Å²) in [7, 11) is 0. The second kappa shape index (κ2) is 11.4. The Morgan fingerprint density at radius 1 is 0.737 bits per heavy atom. The van der Waals surface area contributed by atoms with Gasteiger partial charge in [-0.3, -0.25) is 0 Å². The zero-order chi connectivity index (χ0) is 14.9. The summed E-state index contributed by atoms with van der Waals surface area (Å²) in [5.41, 5.74) is 9.47. The van der Waals surface area contributed by atoms with Crippen LogP contribution in [0.4, 0.5) is 0 Å². The van der Waals surface area contributed by atoms with Crippen LogP contribution in [0.3, 0.4) is 0 Å². The van der Waals surface area contributed by atoms with Gasteiger partial charge in [0, 0.05) is 53.9 Å². The summed E-state index contributed by atoms with van der Waals surface area (Å²) in [5.74, 6) is -6.16. The SMILES string of the molecule is N[C@@H](CC(=O)[O-])C(=O)[O-].N[C@@H](CC(=O)[O-])C(=O)[O-].[Cu]. The van der Waals surface area contributed by atoms with Crippen molar-refractivity contribution < 1.29 is 56.7 Å². The van der Waals surface area contributed by atoms with E-state index in [0.29, 0.717) is 0 Å². The van der Waals surface area contributed by atoms with Gasteiger partial charge in [0.1, 0.15) is 0 Å². The van der Waals surface area contributed by atoms with Crippen molar-refractivity contribution in [2.24, 2.45) is 11.5 Å². The van der Waals surface area contributed by atoms with Gasteiger partial charge >= 0.3 is 0 Å². The van der Waals surface area contributed by atoms with E-state index in [1.807, 2.05) is 0 Å². The Bertz CT molecular complexity index is 303. The van der Waals surface area contributed by atoms with Gasteiger partial charge in [0.15, 0.2) is 0 Å². The number of nitrogens with two attached hydrogens (primary N) is 2. The van der Waals surface area contributed by atoms with Crippen molar-refractivity contribution in [2.75, 3.05) is 0 Å². The first kappa shape index (κ1) is 22.5. The third-order valence-corrected chi connectivity index (χ3v) is 1.38. The average molecular weight is 326 g/mol. The van der Waals surface area contributed by atoms with Gasteiger partial charge in [0.2, 0.25) is 0 Å². The third-order valence-electron chi connectivity index (χ3n) is 1.38. The fraction of sp³-hybridized carbons (Fsp3) is 0.500. The number of carboxylic acids is 4. The summed E-state index contributed by atoms with van der Waals surface area (Å²) in [6.45, 7) is 0. The van der Waals surface area contributed by atoms with Gasteiger partial charge in [0.05, 0.1) is 11.9 Å². The molecule has 0 rings (SSSR count). The van der Waals surface area contributed by atoms with Gasteiger partial charge < -0.3 is 51.1 Å². The van der Waals surface area contributed by atoms with Crippen molar-refractivity contribution in [3.8, 4) is 0 Å². The van der Waals surface area contributed by atoms with E-state index in [0.717, 1.165) is 0 Å². The van der Waals surface area contributed by atoms with Gasteiger partial charge in [0.25, 0.3) is 0 Å². The Kier molecular flexibility index (Phi) is 13.5. The summed E-state index contributed by atoms with van der Waals surface area (Å²) in [4.78, 5) is 38.7.